The number of benzene rings is 1. The van der Waals surface area contributed by atoms with E-state index in [1.54, 1.807) is 30.3 Å². The maximum absolute atomic E-state index is 11.0. The lowest BCUT2D eigenvalue weighted by Crippen LogP contribution is -2.20. The molecule has 1 aromatic heterocycles. The van der Waals surface area contributed by atoms with Gasteiger partial charge in [0.25, 0.3) is 5.91 Å². The standard InChI is InChI=1S/C14H13N3O5/c1-9-14(17(19)20)12(22-16-9)7-6-10-4-2-3-5-11(10)21-8-13(15)18/h2-7H,8H2,1H3,(H2,15,18)/b7-6-. The second-order valence-electron chi connectivity index (χ2n) is 4.36. The van der Waals surface area contributed by atoms with Gasteiger partial charge in [-0.15, -0.1) is 0 Å². The lowest BCUT2D eigenvalue weighted by molar-refractivity contribution is -0.386. The van der Waals surface area contributed by atoms with Crippen LogP contribution in [-0.2, 0) is 4.79 Å². The van der Waals surface area contributed by atoms with Gasteiger partial charge in [-0.05, 0) is 25.1 Å². The Hall–Kier alpha value is -3.16. The Morgan fingerprint density at radius 1 is 1.45 bits per heavy atom. The minimum Gasteiger partial charge on any atom is -0.483 e. The molecular weight excluding hydrogens is 290 g/mol. The van der Waals surface area contributed by atoms with E-state index in [9.17, 15) is 14.9 Å². The molecule has 0 spiro atoms. The van der Waals surface area contributed by atoms with Crippen molar-refractivity contribution >= 4 is 23.7 Å². The van der Waals surface area contributed by atoms with Crippen LogP contribution in [0.5, 0.6) is 5.75 Å². The van der Waals surface area contributed by atoms with Crippen LogP contribution in [0.25, 0.3) is 12.2 Å². The van der Waals surface area contributed by atoms with Crippen molar-refractivity contribution in [1.82, 2.24) is 5.16 Å². The molecule has 114 valence electrons. The molecule has 2 N–H and O–H groups in total. The van der Waals surface area contributed by atoms with Crippen molar-refractivity contribution in [2.45, 2.75) is 6.92 Å². The third-order valence-electron chi connectivity index (χ3n) is 2.74. The molecule has 0 atom stereocenters. The minimum absolute atomic E-state index is 0.0344. The van der Waals surface area contributed by atoms with E-state index in [1.165, 1.54) is 13.0 Å². The summed E-state index contributed by atoms with van der Waals surface area (Å²) in [4.78, 5) is 21.2. The summed E-state index contributed by atoms with van der Waals surface area (Å²) < 4.78 is 10.2. The van der Waals surface area contributed by atoms with Gasteiger partial charge in [0, 0.05) is 5.56 Å². The Morgan fingerprint density at radius 2 is 2.18 bits per heavy atom. The molecule has 1 amide bonds. The third kappa shape index (κ3) is 3.48. The second-order valence-corrected chi connectivity index (χ2v) is 4.36. The lowest BCUT2D eigenvalue weighted by atomic mass is 10.1. The van der Waals surface area contributed by atoms with E-state index in [0.717, 1.165) is 0 Å². The van der Waals surface area contributed by atoms with Crippen LogP contribution in [-0.4, -0.2) is 22.6 Å². The van der Waals surface area contributed by atoms with E-state index < -0.39 is 10.8 Å². The van der Waals surface area contributed by atoms with Crippen LogP contribution in [0.4, 0.5) is 5.69 Å². The number of ether oxygens (including phenoxy) is 1. The monoisotopic (exact) mass is 303 g/mol. The number of nitrogens with zero attached hydrogens (tertiary/aromatic N) is 2. The number of hydrogen-bond donors (Lipinski definition) is 1. The van der Waals surface area contributed by atoms with Crippen LogP contribution >= 0.6 is 0 Å². The summed E-state index contributed by atoms with van der Waals surface area (Å²) in [7, 11) is 0. The van der Waals surface area contributed by atoms with E-state index in [-0.39, 0.29) is 23.7 Å². The number of hydrogen-bond acceptors (Lipinski definition) is 6. The molecule has 0 aliphatic carbocycles. The smallest absolute Gasteiger partial charge is 0.338 e. The molecule has 1 aromatic carbocycles. The average molecular weight is 303 g/mol. The highest BCUT2D eigenvalue weighted by Gasteiger charge is 2.21. The number of amides is 1. The second kappa shape index (κ2) is 6.53. The van der Waals surface area contributed by atoms with E-state index in [1.807, 2.05) is 0 Å². The van der Waals surface area contributed by atoms with E-state index >= 15 is 0 Å². The average Bonchev–Trinajstić information content (AvgIpc) is 2.84. The number of nitro groups is 1. The van der Waals surface area contributed by atoms with Gasteiger partial charge < -0.3 is 15.0 Å². The van der Waals surface area contributed by atoms with Crippen LogP contribution < -0.4 is 10.5 Å². The number of aryl methyl sites for hydroxylation is 1. The Kier molecular flexibility index (Phi) is 4.52. The molecule has 8 heteroatoms. The first-order chi connectivity index (χ1) is 10.5. The highest BCUT2D eigenvalue weighted by molar-refractivity contribution is 5.76. The number of primary amides is 1. The number of carbonyl (C=O) groups is 1. The minimum atomic E-state index is -0.597. The molecule has 8 nitrogen and oxygen atoms in total. The van der Waals surface area contributed by atoms with Crippen molar-refractivity contribution in [2.75, 3.05) is 6.61 Å². The van der Waals surface area contributed by atoms with Crippen LogP contribution in [0.3, 0.4) is 0 Å². The van der Waals surface area contributed by atoms with E-state index in [2.05, 4.69) is 5.16 Å². The topological polar surface area (TPSA) is 121 Å². The zero-order valence-corrected chi connectivity index (χ0v) is 11.7. The first kappa shape index (κ1) is 15.2. The maximum Gasteiger partial charge on any atom is 0.338 e. The predicted molar refractivity (Wildman–Crippen MR) is 78.0 cm³/mol. The van der Waals surface area contributed by atoms with Gasteiger partial charge in [-0.1, -0.05) is 23.4 Å². The van der Waals surface area contributed by atoms with Crippen molar-refractivity contribution in [3.05, 3.63) is 51.4 Å². The van der Waals surface area contributed by atoms with Crippen LogP contribution in [0.2, 0.25) is 0 Å². The van der Waals surface area contributed by atoms with Crippen molar-refractivity contribution in [2.24, 2.45) is 5.73 Å². The molecule has 22 heavy (non-hydrogen) atoms. The van der Waals surface area contributed by atoms with Crippen LogP contribution in [0.15, 0.2) is 28.8 Å². The summed E-state index contributed by atoms with van der Waals surface area (Å²) in [5.41, 5.74) is 5.66. The molecule has 0 unspecified atom stereocenters. The highest BCUT2D eigenvalue weighted by Crippen LogP contribution is 2.26. The van der Waals surface area contributed by atoms with Gasteiger partial charge in [0.1, 0.15) is 5.75 Å². The van der Waals surface area contributed by atoms with Gasteiger partial charge in [0.15, 0.2) is 12.3 Å². The molecule has 2 aromatic rings. The Balaban J connectivity index is 2.27. The number of rotatable bonds is 6. The largest absolute Gasteiger partial charge is 0.483 e. The molecular formula is C14H13N3O5. The Morgan fingerprint density at radius 3 is 2.86 bits per heavy atom. The molecule has 0 saturated carbocycles. The molecule has 2 rings (SSSR count). The first-order valence-corrected chi connectivity index (χ1v) is 6.28. The SMILES string of the molecule is Cc1noc(/C=C\c2ccccc2OCC(N)=O)c1[N+](=O)[O-]. The Labute approximate surface area is 125 Å². The van der Waals surface area contributed by atoms with Crippen molar-refractivity contribution in [1.29, 1.82) is 0 Å². The molecule has 0 aliphatic rings. The van der Waals surface area contributed by atoms with Gasteiger partial charge in [0.2, 0.25) is 5.76 Å². The Bertz CT molecular complexity index is 736. The molecule has 0 bridgehead atoms. The van der Waals surface area contributed by atoms with Crippen molar-refractivity contribution < 1.29 is 19.0 Å². The predicted octanol–water partition coefficient (Wildman–Crippen LogP) is 1.93. The number of carbonyl (C=O) groups excluding carboxylic acids is 1. The van der Waals surface area contributed by atoms with Gasteiger partial charge >= 0.3 is 5.69 Å². The van der Waals surface area contributed by atoms with Crippen molar-refractivity contribution in [3.8, 4) is 5.75 Å². The molecule has 1 heterocycles. The summed E-state index contributed by atoms with van der Waals surface area (Å²) in [6, 6.07) is 6.87. The number of nitrogens with two attached hydrogens (primary N) is 1. The molecule has 0 saturated heterocycles. The van der Waals surface area contributed by atoms with Crippen LogP contribution in [0.1, 0.15) is 17.0 Å². The summed E-state index contributed by atoms with van der Waals surface area (Å²) in [6.07, 6.45) is 2.99. The van der Waals surface area contributed by atoms with E-state index in [0.29, 0.717) is 11.3 Å². The third-order valence-corrected chi connectivity index (χ3v) is 2.74. The van der Waals surface area contributed by atoms with Gasteiger partial charge in [-0.25, -0.2) is 0 Å². The quantitative estimate of drug-likeness (QED) is 0.642. The number of para-hydroxylation sites is 1. The fraction of sp³-hybridized carbons (Fsp3) is 0.143. The fourth-order valence-electron chi connectivity index (χ4n) is 1.78. The van der Waals surface area contributed by atoms with E-state index in [4.69, 9.17) is 15.0 Å². The zero-order valence-electron chi connectivity index (χ0n) is 11.7. The van der Waals surface area contributed by atoms with Gasteiger partial charge in [-0.3, -0.25) is 14.9 Å². The molecule has 0 aliphatic heterocycles. The summed E-state index contributed by atoms with van der Waals surface area (Å²) in [5.74, 6) is -0.135. The van der Waals surface area contributed by atoms with Gasteiger partial charge in [0.05, 0.1) is 4.92 Å². The highest BCUT2D eigenvalue weighted by atomic mass is 16.6. The number of aromatic nitrogens is 1. The summed E-state index contributed by atoms with van der Waals surface area (Å²) in [6.45, 7) is 1.23. The maximum atomic E-state index is 11.0. The zero-order chi connectivity index (χ0) is 16.1. The molecule has 0 fully saturated rings. The van der Waals surface area contributed by atoms with Gasteiger partial charge in [-0.2, -0.15) is 0 Å². The summed E-state index contributed by atoms with van der Waals surface area (Å²) in [5, 5.41) is 14.5. The van der Waals surface area contributed by atoms with Crippen LogP contribution in [0, 0.1) is 17.0 Å². The normalized spacial score (nSPS) is 10.8. The summed E-state index contributed by atoms with van der Waals surface area (Å²) >= 11 is 0. The fourth-order valence-corrected chi connectivity index (χ4v) is 1.78. The lowest BCUT2D eigenvalue weighted by Gasteiger charge is -2.06. The first-order valence-electron chi connectivity index (χ1n) is 6.28. The molecule has 0 radical (unpaired) electrons. The van der Waals surface area contributed by atoms with Crippen molar-refractivity contribution in [3.63, 3.8) is 0 Å².